The number of anilines is 2. The molecule has 2 heterocycles. The van der Waals surface area contributed by atoms with E-state index >= 15 is 0 Å². The van der Waals surface area contributed by atoms with Crippen molar-refractivity contribution in [2.24, 2.45) is 0 Å². The van der Waals surface area contributed by atoms with Gasteiger partial charge in [-0.05, 0) is 37.1 Å². The van der Waals surface area contributed by atoms with Crippen LogP contribution >= 0.6 is 0 Å². The van der Waals surface area contributed by atoms with Crippen LogP contribution in [-0.4, -0.2) is 19.6 Å². The molecule has 5 nitrogen and oxygen atoms in total. The number of para-hydroxylation sites is 3. The minimum absolute atomic E-state index is 0.735. The topological polar surface area (TPSA) is 55.1 Å². The first kappa shape index (κ1) is 14.6. The Morgan fingerprint density at radius 3 is 2.46 bits per heavy atom. The highest BCUT2D eigenvalue weighted by molar-refractivity contribution is 5.85. The van der Waals surface area contributed by atoms with Crippen molar-refractivity contribution in [3.8, 4) is 0 Å². The standard InChI is InChI=1S/C19H19N5/c1-4-16-22-23-19-18(21-17-12(2)8-7-9-13(17)3)20-14-10-5-6-11-15(14)24(16)19/h5-11H,4H2,1-3H3,(H,20,21). The quantitative estimate of drug-likeness (QED) is 0.615. The molecule has 0 unspecified atom stereocenters. The third kappa shape index (κ3) is 2.21. The summed E-state index contributed by atoms with van der Waals surface area (Å²) >= 11 is 0. The second kappa shape index (κ2) is 5.60. The lowest BCUT2D eigenvalue weighted by Gasteiger charge is -2.13. The summed E-state index contributed by atoms with van der Waals surface area (Å²) in [4.78, 5) is 4.79. The van der Waals surface area contributed by atoms with Gasteiger partial charge in [0, 0.05) is 12.1 Å². The maximum absolute atomic E-state index is 4.79. The van der Waals surface area contributed by atoms with Crippen molar-refractivity contribution in [1.82, 2.24) is 19.6 Å². The Labute approximate surface area is 140 Å². The van der Waals surface area contributed by atoms with Gasteiger partial charge in [-0.2, -0.15) is 0 Å². The molecule has 4 rings (SSSR count). The number of rotatable bonds is 3. The molecule has 0 atom stereocenters. The first-order chi connectivity index (χ1) is 11.7. The number of nitrogens with one attached hydrogen (secondary N) is 1. The third-order valence-corrected chi connectivity index (χ3v) is 4.34. The van der Waals surface area contributed by atoms with Crippen LogP contribution in [0.3, 0.4) is 0 Å². The monoisotopic (exact) mass is 317 g/mol. The number of hydrogen-bond donors (Lipinski definition) is 1. The summed E-state index contributed by atoms with van der Waals surface area (Å²) in [7, 11) is 0. The molecule has 0 spiro atoms. The number of aromatic nitrogens is 4. The maximum atomic E-state index is 4.79. The zero-order chi connectivity index (χ0) is 16.7. The van der Waals surface area contributed by atoms with Gasteiger partial charge >= 0.3 is 0 Å². The van der Waals surface area contributed by atoms with Crippen molar-refractivity contribution >= 4 is 28.2 Å². The van der Waals surface area contributed by atoms with E-state index in [4.69, 9.17) is 4.98 Å². The second-order valence-electron chi connectivity index (χ2n) is 5.97. The fraction of sp³-hybridized carbons (Fsp3) is 0.211. The number of nitrogens with zero attached hydrogens (tertiary/aromatic N) is 4. The van der Waals surface area contributed by atoms with Crippen molar-refractivity contribution in [3.05, 3.63) is 59.4 Å². The Morgan fingerprint density at radius 1 is 0.958 bits per heavy atom. The molecule has 0 fully saturated rings. The van der Waals surface area contributed by atoms with E-state index in [1.54, 1.807) is 0 Å². The molecule has 2 aromatic heterocycles. The highest BCUT2D eigenvalue weighted by atomic mass is 15.3. The fourth-order valence-corrected chi connectivity index (χ4v) is 3.08. The predicted molar refractivity (Wildman–Crippen MR) is 96.9 cm³/mol. The van der Waals surface area contributed by atoms with E-state index in [0.717, 1.165) is 40.4 Å². The van der Waals surface area contributed by atoms with Crippen LogP contribution in [0.15, 0.2) is 42.5 Å². The minimum Gasteiger partial charge on any atom is -0.337 e. The first-order valence-corrected chi connectivity index (χ1v) is 8.15. The fourth-order valence-electron chi connectivity index (χ4n) is 3.08. The van der Waals surface area contributed by atoms with Gasteiger partial charge in [-0.3, -0.25) is 4.40 Å². The Balaban J connectivity index is 1.99. The highest BCUT2D eigenvalue weighted by Gasteiger charge is 2.15. The maximum Gasteiger partial charge on any atom is 0.204 e. The van der Waals surface area contributed by atoms with E-state index in [-0.39, 0.29) is 0 Å². The number of aryl methyl sites for hydroxylation is 3. The first-order valence-electron chi connectivity index (χ1n) is 8.15. The highest BCUT2D eigenvalue weighted by Crippen LogP contribution is 2.28. The van der Waals surface area contributed by atoms with Gasteiger partial charge in [0.05, 0.1) is 11.0 Å². The van der Waals surface area contributed by atoms with Crippen LogP contribution in [0.25, 0.3) is 16.7 Å². The number of hydrogen-bond acceptors (Lipinski definition) is 4. The Kier molecular flexibility index (Phi) is 3.41. The molecule has 4 aromatic rings. The molecular weight excluding hydrogens is 298 g/mol. The van der Waals surface area contributed by atoms with Crippen LogP contribution in [0.4, 0.5) is 11.5 Å². The average Bonchev–Trinajstić information content (AvgIpc) is 3.03. The zero-order valence-electron chi connectivity index (χ0n) is 14.0. The molecule has 24 heavy (non-hydrogen) atoms. The zero-order valence-corrected chi connectivity index (χ0v) is 14.0. The number of benzene rings is 2. The summed E-state index contributed by atoms with van der Waals surface area (Å²) in [5.41, 5.74) is 6.14. The van der Waals surface area contributed by atoms with Gasteiger partial charge in [-0.1, -0.05) is 37.3 Å². The van der Waals surface area contributed by atoms with Crippen molar-refractivity contribution in [2.75, 3.05) is 5.32 Å². The molecule has 1 N–H and O–H groups in total. The largest absolute Gasteiger partial charge is 0.337 e. The van der Waals surface area contributed by atoms with E-state index < -0.39 is 0 Å². The van der Waals surface area contributed by atoms with Gasteiger partial charge < -0.3 is 5.32 Å². The molecule has 0 aliphatic rings. The van der Waals surface area contributed by atoms with Crippen molar-refractivity contribution < 1.29 is 0 Å². The van der Waals surface area contributed by atoms with Crippen LogP contribution < -0.4 is 5.32 Å². The molecule has 2 aromatic carbocycles. The summed E-state index contributed by atoms with van der Waals surface area (Å²) < 4.78 is 2.10. The van der Waals surface area contributed by atoms with Gasteiger partial charge in [0.2, 0.25) is 5.65 Å². The molecule has 0 aliphatic carbocycles. The van der Waals surface area contributed by atoms with E-state index in [2.05, 4.69) is 65.0 Å². The summed E-state index contributed by atoms with van der Waals surface area (Å²) in [5.74, 6) is 1.67. The lowest BCUT2D eigenvalue weighted by atomic mass is 10.1. The Hall–Kier alpha value is -2.95. The second-order valence-corrected chi connectivity index (χ2v) is 5.97. The Bertz CT molecular complexity index is 1030. The van der Waals surface area contributed by atoms with Crippen LogP contribution in [0, 0.1) is 13.8 Å². The van der Waals surface area contributed by atoms with Gasteiger partial charge in [-0.15, -0.1) is 10.2 Å². The number of fused-ring (bicyclic) bond motifs is 3. The Morgan fingerprint density at radius 2 is 1.71 bits per heavy atom. The van der Waals surface area contributed by atoms with Crippen molar-refractivity contribution in [3.63, 3.8) is 0 Å². The molecule has 120 valence electrons. The molecule has 0 radical (unpaired) electrons. The molecule has 0 saturated heterocycles. The van der Waals surface area contributed by atoms with Gasteiger partial charge in [-0.25, -0.2) is 4.98 Å². The SMILES string of the molecule is CCc1nnc2c(Nc3c(C)cccc3C)nc3ccccc3n12. The normalized spacial score (nSPS) is 11.3. The van der Waals surface area contributed by atoms with E-state index in [0.29, 0.717) is 0 Å². The summed E-state index contributed by atoms with van der Waals surface area (Å²) in [6.07, 6.45) is 0.817. The molecular formula is C19H19N5. The summed E-state index contributed by atoms with van der Waals surface area (Å²) in [5, 5.41) is 12.2. The predicted octanol–water partition coefficient (Wildman–Crippen LogP) is 4.20. The molecule has 0 saturated carbocycles. The van der Waals surface area contributed by atoms with Crippen molar-refractivity contribution in [2.45, 2.75) is 27.2 Å². The van der Waals surface area contributed by atoms with Crippen LogP contribution in [0.5, 0.6) is 0 Å². The van der Waals surface area contributed by atoms with Crippen molar-refractivity contribution in [1.29, 1.82) is 0 Å². The van der Waals surface area contributed by atoms with Gasteiger partial charge in [0.1, 0.15) is 5.82 Å². The van der Waals surface area contributed by atoms with E-state index in [1.807, 2.05) is 18.2 Å². The molecule has 0 aliphatic heterocycles. The smallest absolute Gasteiger partial charge is 0.204 e. The van der Waals surface area contributed by atoms with E-state index in [9.17, 15) is 0 Å². The van der Waals surface area contributed by atoms with Crippen LogP contribution in [-0.2, 0) is 6.42 Å². The van der Waals surface area contributed by atoms with E-state index in [1.165, 1.54) is 11.1 Å². The molecule has 0 bridgehead atoms. The minimum atomic E-state index is 0.735. The lowest BCUT2D eigenvalue weighted by molar-refractivity contribution is 0.922. The van der Waals surface area contributed by atoms with Crippen LogP contribution in [0.2, 0.25) is 0 Å². The van der Waals surface area contributed by atoms with Crippen LogP contribution in [0.1, 0.15) is 23.9 Å². The summed E-state index contributed by atoms with van der Waals surface area (Å²) in [6.45, 7) is 6.27. The van der Waals surface area contributed by atoms with Gasteiger partial charge in [0.15, 0.2) is 5.82 Å². The molecule has 5 heteroatoms. The molecule has 0 amide bonds. The third-order valence-electron chi connectivity index (χ3n) is 4.34. The average molecular weight is 317 g/mol. The van der Waals surface area contributed by atoms with Gasteiger partial charge in [0.25, 0.3) is 0 Å². The summed E-state index contributed by atoms with van der Waals surface area (Å²) in [6, 6.07) is 14.3. The lowest BCUT2D eigenvalue weighted by Crippen LogP contribution is -2.03.